The van der Waals surface area contributed by atoms with Gasteiger partial charge < -0.3 is 14.4 Å². The monoisotopic (exact) mass is 361 g/mol. The molecule has 0 saturated carbocycles. The number of amides is 1. The highest BCUT2D eigenvalue weighted by Crippen LogP contribution is 2.39. The number of benzene rings is 2. The molecule has 1 unspecified atom stereocenters. The van der Waals surface area contributed by atoms with Gasteiger partial charge in [-0.05, 0) is 35.4 Å². The highest BCUT2D eigenvalue weighted by Gasteiger charge is 2.46. The number of carbonyl (C=O) groups excluding carboxylic acids is 2. The summed E-state index contributed by atoms with van der Waals surface area (Å²) in [6.45, 7) is 2.34. The summed E-state index contributed by atoms with van der Waals surface area (Å²) in [4.78, 5) is 26.7. The standard InChI is InChI=1S/C22H19NO4/c1-2-11-23-19(17-8-5-12-27-17)18(21(25)22(23)26)20(24)16-10-9-14-6-3-4-7-15(14)13-16/h3-10,12-13,19,24H,2,11H2,1H3/b20-18-. The van der Waals surface area contributed by atoms with Gasteiger partial charge in [-0.1, -0.05) is 43.3 Å². The van der Waals surface area contributed by atoms with Crippen molar-refractivity contribution in [1.29, 1.82) is 0 Å². The Kier molecular flexibility index (Phi) is 4.28. The third kappa shape index (κ3) is 2.81. The number of likely N-dealkylation sites (tertiary alicyclic amines) is 1. The molecule has 1 amide bonds. The summed E-state index contributed by atoms with van der Waals surface area (Å²) in [6, 6.07) is 15.9. The summed E-state index contributed by atoms with van der Waals surface area (Å²) >= 11 is 0. The van der Waals surface area contributed by atoms with Crippen molar-refractivity contribution in [3.05, 3.63) is 77.8 Å². The van der Waals surface area contributed by atoms with Gasteiger partial charge in [-0.15, -0.1) is 0 Å². The number of aliphatic hydroxyl groups is 1. The molecule has 1 aliphatic heterocycles. The van der Waals surface area contributed by atoms with E-state index in [1.54, 1.807) is 18.2 Å². The molecule has 1 aliphatic rings. The van der Waals surface area contributed by atoms with Gasteiger partial charge in [0.1, 0.15) is 17.6 Å². The maximum absolute atomic E-state index is 12.7. The van der Waals surface area contributed by atoms with Crippen LogP contribution in [0.15, 0.2) is 70.9 Å². The van der Waals surface area contributed by atoms with Crippen LogP contribution in [0, 0.1) is 0 Å². The first-order chi connectivity index (χ1) is 13.1. The van der Waals surface area contributed by atoms with Gasteiger partial charge in [0.05, 0.1) is 11.8 Å². The Balaban J connectivity index is 1.89. The van der Waals surface area contributed by atoms with E-state index in [0.717, 1.165) is 10.8 Å². The third-order valence-electron chi connectivity index (χ3n) is 4.84. The van der Waals surface area contributed by atoms with Crippen molar-refractivity contribution in [2.75, 3.05) is 6.54 Å². The molecule has 4 rings (SSSR count). The summed E-state index contributed by atoms with van der Waals surface area (Å²) in [5, 5.41) is 12.9. The van der Waals surface area contributed by atoms with E-state index in [4.69, 9.17) is 4.42 Å². The Morgan fingerprint density at radius 3 is 2.56 bits per heavy atom. The first-order valence-electron chi connectivity index (χ1n) is 8.92. The maximum Gasteiger partial charge on any atom is 0.295 e. The Morgan fingerprint density at radius 1 is 1.07 bits per heavy atom. The minimum absolute atomic E-state index is 0.0682. The zero-order chi connectivity index (χ0) is 19.0. The average Bonchev–Trinajstić information content (AvgIpc) is 3.30. The number of ketones is 1. The summed E-state index contributed by atoms with van der Waals surface area (Å²) < 4.78 is 5.49. The van der Waals surface area contributed by atoms with Crippen molar-refractivity contribution in [3.8, 4) is 0 Å². The highest BCUT2D eigenvalue weighted by molar-refractivity contribution is 6.46. The average molecular weight is 361 g/mol. The number of hydrogen-bond donors (Lipinski definition) is 1. The van der Waals surface area contributed by atoms with E-state index < -0.39 is 17.7 Å². The molecule has 5 nitrogen and oxygen atoms in total. The molecule has 0 radical (unpaired) electrons. The van der Waals surface area contributed by atoms with Gasteiger partial charge in [0.15, 0.2) is 0 Å². The van der Waals surface area contributed by atoms with Gasteiger partial charge in [0.25, 0.3) is 11.7 Å². The van der Waals surface area contributed by atoms with E-state index in [2.05, 4.69) is 0 Å². The van der Waals surface area contributed by atoms with E-state index >= 15 is 0 Å². The Labute approximate surface area is 156 Å². The predicted molar refractivity (Wildman–Crippen MR) is 102 cm³/mol. The van der Waals surface area contributed by atoms with E-state index in [-0.39, 0.29) is 11.3 Å². The molecule has 1 aromatic heterocycles. The van der Waals surface area contributed by atoms with Gasteiger partial charge in [0.2, 0.25) is 0 Å². The van der Waals surface area contributed by atoms with Crippen LogP contribution in [0.5, 0.6) is 0 Å². The van der Waals surface area contributed by atoms with Gasteiger partial charge >= 0.3 is 0 Å². The minimum Gasteiger partial charge on any atom is -0.507 e. The van der Waals surface area contributed by atoms with E-state index in [1.807, 2.05) is 43.3 Å². The van der Waals surface area contributed by atoms with Crippen LogP contribution in [0.4, 0.5) is 0 Å². The summed E-state index contributed by atoms with van der Waals surface area (Å²) in [7, 11) is 0. The number of nitrogens with zero attached hydrogens (tertiary/aromatic N) is 1. The number of furan rings is 1. The topological polar surface area (TPSA) is 70.8 Å². The van der Waals surface area contributed by atoms with E-state index in [1.165, 1.54) is 11.2 Å². The second kappa shape index (κ2) is 6.76. The van der Waals surface area contributed by atoms with Crippen molar-refractivity contribution in [2.24, 2.45) is 0 Å². The highest BCUT2D eigenvalue weighted by atomic mass is 16.3. The number of fused-ring (bicyclic) bond motifs is 1. The molecule has 136 valence electrons. The molecule has 3 aromatic rings. The van der Waals surface area contributed by atoms with Crippen LogP contribution in [0.25, 0.3) is 16.5 Å². The lowest BCUT2D eigenvalue weighted by atomic mass is 9.97. The Morgan fingerprint density at radius 2 is 1.85 bits per heavy atom. The normalized spacial score (nSPS) is 19.1. The Hall–Kier alpha value is -3.34. The fourth-order valence-electron chi connectivity index (χ4n) is 3.59. The van der Waals surface area contributed by atoms with Crippen LogP contribution < -0.4 is 0 Å². The SMILES string of the molecule is CCCN1C(=O)C(=O)/C(=C(\O)c2ccc3ccccc3c2)C1c1ccco1. The smallest absolute Gasteiger partial charge is 0.295 e. The lowest BCUT2D eigenvalue weighted by Gasteiger charge is -2.22. The van der Waals surface area contributed by atoms with E-state index in [9.17, 15) is 14.7 Å². The third-order valence-corrected chi connectivity index (χ3v) is 4.84. The lowest BCUT2D eigenvalue weighted by Crippen LogP contribution is -2.30. The number of Topliss-reactive ketones (excluding diaryl/α,β-unsaturated/α-hetero) is 1. The molecule has 1 fully saturated rings. The van der Waals surface area contributed by atoms with Gasteiger partial charge in [-0.2, -0.15) is 0 Å². The fraction of sp³-hybridized carbons (Fsp3) is 0.182. The number of aliphatic hydroxyl groups excluding tert-OH is 1. The van der Waals surface area contributed by atoms with Crippen molar-refractivity contribution < 1.29 is 19.1 Å². The molecule has 1 saturated heterocycles. The van der Waals surface area contributed by atoms with Crippen LogP contribution in [0.2, 0.25) is 0 Å². The molecule has 5 heteroatoms. The van der Waals surface area contributed by atoms with Gasteiger partial charge in [0, 0.05) is 12.1 Å². The van der Waals surface area contributed by atoms with Crippen LogP contribution in [0.1, 0.15) is 30.7 Å². The predicted octanol–water partition coefficient (Wildman–Crippen LogP) is 4.26. The molecule has 0 bridgehead atoms. The zero-order valence-corrected chi connectivity index (χ0v) is 14.9. The molecule has 0 aliphatic carbocycles. The minimum atomic E-state index is -0.716. The van der Waals surface area contributed by atoms with Crippen LogP contribution in [0.3, 0.4) is 0 Å². The zero-order valence-electron chi connectivity index (χ0n) is 14.9. The van der Waals surface area contributed by atoms with Crippen LogP contribution in [-0.2, 0) is 9.59 Å². The van der Waals surface area contributed by atoms with Crippen molar-refractivity contribution >= 4 is 28.2 Å². The van der Waals surface area contributed by atoms with E-state index in [0.29, 0.717) is 24.3 Å². The van der Waals surface area contributed by atoms with Crippen LogP contribution >= 0.6 is 0 Å². The van der Waals surface area contributed by atoms with Gasteiger partial charge in [-0.25, -0.2) is 0 Å². The molecule has 1 N–H and O–H groups in total. The van der Waals surface area contributed by atoms with Gasteiger partial charge in [-0.3, -0.25) is 9.59 Å². The lowest BCUT2D eigenvalue weighted by molar-refractivity contribution is -0.140. The maximum atomic E-state index is 12.7. The molecular formula is C22H19NO4. The number of rotatable bonds is 4. The molecule has 1 atom stereocenters. The number of hydrogen-bond acceptors (Lipinski definition) is 4. The summed E-state index contributed by atoms with van der Waals surface area (Å²) in [5.41, 5.74) is 0.568. The summed E-state index contributed by atoms with van der Waals surface area (Å²) in [6.07, 6.45) is 2.19. The number of carbonyl (C=O) groups is 2. The second-order valence-electron chi connectivity index (χ2n) is 6.57. The quantitative estimate of drug-likeness (QED) is 0.428. The molecule has 27 heavy (non-hydrogen) atoms. The van der Waals surface area contributed by atoms with Crippen molar-refractivity contribution in [2.45, 2.75) is 19.4 Å². The fourth-order valence-corrected chi connectivity index (χ4v) is 3.59. The second-order valence-corrected chi connectivity index (χ2v) is 6.57. The first-order valence-corrected chi connectivity index (χ1v) is 8.92. The molecule has 2 heterocycles. The first kappa shape index (κ1) is 17.1. The summed E-state index contributed by atoms with van der Waals surface area (Å²) in [5.74, 6) is -1.01. The van der Waals surface area contributed by atoms with Crippen molar-refractivity contribution in [1.82, 2.24) is 4.90 Å². The molecule has 2 aromatic carbocycles. The van der Waals surface area contributed by atoms with Crippen molar-refractivity contribution in [3.63, 3.8) is 0 Å². The van der Waals surface area contributed by atoms with Crippen LogP contribution in [-0.4, -0.2) is 28.2 Å². The molecular weight excluding hydrogens is 342 g/mol. The molecule has 0 spiro atoms. The largest absolute Gasteiger partial charge is 0.507 e. The Bertz CT molecular complexity index is 1050.